The van der Waals surface area contributed by atoms with Gasteiger partial charge in [-0.25, -0.2) is 12.7 Å². The first-order chi connectivity index (χ1) is 20.9. The number of nitrogens with zero attached hydrogens (tertiary/aromatic N) is 2. The monoisotopic (exact) mass is 605 g/mol. The highest BCUT2D eigenvalue weighted by molar-refractivity contribution is 7.89. The molecule has 6 rings (SSSR count). The Labute approximate surface area is 256 Å². The maximum atomic E-state index is 13.1. The van der Waals surface area contributed by atoms with Gasteiger partial charge in [0, 0.05) is 42.8 Å². The van der Waals surface area contributed by atoms with Gasteiger partial charge in [-0.15, -0.1) is 0 Å². The molecule has 1 aliphatic carbocycles. The van der Waals surface area contributed by atoms with E-state index in [0.29, 0.717) is 25.6 Å². The van der Waals surface area contributed by atoms with Crippen molar-refractivity contribution in [1.29, 1.82) is 0 Å². The number of aromatic nitrogens is 1. The van der Waals surface area contributed by atoms with Crippen molar-refractivity contribution in [2.24, 2.45) is 5.73 Å². The second-order valence-corrected chi connectivity index (χ2v) is 15.0. The van der Waals surface area contributed by atoms with Crippen LogP contribution in [0.25, 0.3) is 22.0 Å². The lowest BCUT2D eigenvalue weighted by atomic mass is 9.88. The number of nitrogens with one attached hydrogen (secondary N) is 2. The van der Waals surface area contributed by atoms with Crippen LogP contribution in [0.4, 0.5) is 0 Å². The van der Waals surface area contributed by atoms with Gasteiger partial charge in [-0.05, 0) is 117 Å². The smallest absolute Gasteiger partial charge is 0.221 e. The average Bonchev–Trinajstić information content (AvgIpc) is 3.79. The van der Waals surface area contributed by atoms with Gasteiger partial charge in [-0.3, -0.25) is 4.79 Å². The Morgan fingerprint density at radius 2 is 1.72 bits per heavy atom. The van der Waals surface area contributed by atoms with Gasteiger partial charge in [0.25, 0.3) is 0 Å². The Morgan fingerprint density at radius 3 is 2.47 bits per heavy atom. The number of amides is 1. The number of benzene rings is 2. The Morgan fingerprint density at radius 1 is 0.953 bits per heavy atom. The van der Waals surface area contributed by atoms with E-state index >= 15 is 0 Å². The van der Waals surface area contributed by atoms with E-state index in [1.807, 2.05) is 0 Å². The molecule has 3 fully saturated rings. The molecule has 0 unspecified atom stereocenters. The third-order valence-electron chi connectivity index (χ3n) is 9.84. The zero-order valence-corrected chi connectivity index (χ0v) is 26.1. The largest absolute Gasteiger partial charge is 0.369 e. The molecule has 43 heavy (non-hydrogen) atoms. The molecule has 8 nitrogen and oxygen atoms in total. The van der Waals surface area contributed by atoms with Crippen LogP contribution in [-0.2, 0) is 27.8 Å². The molecule has 2 aliphatic heterocycles. The number of nitrogens with two attached hydrogens (primary N) is 1. The maximum absolute atomic E-state index is 13.1. The molecule has 0 spiro atoms. The van der Waals surface area contributed by atoms with Crippen molar-refractivity contribution in [1.82, 2.24) is 19.5 Å². The summed E-state index contributed by atoms with van der Waals surface area (Å²) >= 11 is 0. The molecule has 2 aromatic carbocycles. The van der Waals surface area contributed by atoms with Crippen LogP contribution in [0.15, 0.2) is 42.6 Å². The summed E-state index contributed by atoms with van der Waals surface area (Å²) in [7, 11) is -3.24. The molecule has 3 aliphatic rings. The first-order valence-electron chi connectivity index (χ1n) is 16.3. The number of carbonyl (C=O) groups excluding carboxylic acids is 1. The Kier molecular flexibility index (Phi) is 9.52. The van der Waals surface area contributed by atoms with Gasteiger partial charge in [-0.2, -0.15) is 0 Å². The molecule has 2 saturated heterocycles. The van der Waals surface area contributed by atoms with Gasteiger partial charge < -0.3 is 20.9 Å². The lowest BCUT2D eigenvalue weighted by molar-refractivity contribution is -0.117. The third-order valence-corrected chi connectivity index (χ3v) is 11.8. The minimum atomic E-state index is -3.24. The fourth-order valence-corrected chi connectivity index (χ4v) is 8.98. The Hall–Kier alpha value is -2.72. The minimum Gasteiger partial charge on any atom is -0.369 e. The molecule has 1 amide bonds. The van der Waals surface area contributed by atoms with E-state index in [0.717, 1.165) is 66.6 Å². The summed E-state index contributed by atoms with van der Waals surface area (Å²) in [6.45, 7) is 5.02. The number of H-pyrrole nitrogens is 1. The van der Waals surface area contributed by atoms with Crippen LogP contribution < -0.4 is 11.1 Å². The van der Waals surface area contributed by atoms with Crippen molar-refractivity contribution in [3.63, 3.8) is 0 Å². The van der Waals surface area contributed by atoms with Gasteiger partial charge in [-0.1, -0.05) is 31.0 Å². The van der Waals surface area contributed by atoms with Crippen molar-refractivity contribution in [3.8, 4) is 11.1 Å². The molecule has 0 radical (unpaired) electrons. The number of fused-ring (bicyclic) bond motifs is 1. The van der Waals surface area contributed by atoms with Crippen molar-refractivity contribution in [2.75, 3.05) is 38.5 Å². The highest BCUT2D eigenvalue weighted by Crippen LogP contribution is 2.37. The number of hydrogen-bond acceptors (Lipinski definition) is 5. The van der Waals surface area contributed by atoms with Gasteiger partial charge in [0.2, 0.25) is 15.9 Å². The van der Waals surface area contributed by atoms with Crippen LogP contribution in [-0.4, -0.2) is 73.0 Å². The molecule has 1 aromatic heterocycles. The number of primary amides is 1. The Bertz CT molecular complexity index is 1510. The van der Waals surface area contributed by atoms with Crippen LogP contribution >= 0.6 is 0 Å². The van der Waals surface area contributed by atoms with Gasteiger partial charge in [0.1, 0.15) is 0 Å². The zero-order chi connectivity index (χ0) is 29.8. The number of aromatic amines is 1. The summed E-state index contributed by atoms with van der Waals surface area (Å²) < 4.78 is 27.9. The van der Waals surface area contributed by atoms with Crippen LogP contribution in [0.5, 0.6) is 0 Å². The summed E-state index contributed by atoms with van der Waals surface area (Å²) in [6, 6.07) is 13.6. The quantitative estimate of drug-likeness (QED) is 0.272. The van der Waals surface area contributed by atoms with Crippen molar-refractivity contribution in [3.05, 3.63) is 59.3 Å². The molecule has 9 heteroatoms. The summed E-state index contributed by atoms with van der Waals surface area (Å²) in [5, 5.41) is 4.82. The van der Waals surface area contributed by atoms with Crippen molar-refractivity contribution < 1.29 is 13.2 Å². The molecular formula is C34H47N5O3S. The van der Waals surface area contributed by atoms with Crippen LogP contribution in [0.2, 0.25) is 0 Å². The molecule has 1 saturated carbocycles. The van der Waals surface area contributed by atoms with E-state index in [1.54, 1.807) is 4.31 Å². The average molecular weight is 606 g/mol. The molecular weight excluding hydrogens is 558 g/mol. The van der Waals surface area contributed by atoms with Gasteiger partial charge >= 0.3 is 0 Å². The van der Waals surface area contributed by atoms with E-state index in [-0.39, 0.29) is 24.0 Å². The predicted octanol–water partition coefficient (Wildman–Crippen LogP) is 4.89. The summed E-state index contributed by atoms with van der Waals surface area (Å²) in [5.74, 6) is 0.131. The maximum Gasteiger partial charge on any atom is 0.221 e. The third kappa shape index (κ3) is 7.33. The van der Waals surface area contributed by atoms with E-state index in [2.05, 4.69) is 57.8 Å². The minimum absolute atomic E-state index is 0.168. The Balaban J connectivity index is 1.18. The van der Waals surface area contributed by atoms with Crippen LogP contribution in [0.3, 0.4) is 0 Å². The summed E-state index contributed by atoms with van der Waals surface area (Å²) in [6.07, 6.45) is 12.1. The van der Waals surface area contributed by atoms with Crippen LogP contribution in [0.1, 0.15) is 80.4 Å². The molecule has 232 valence electrons. The van der Waals surface area contributed by atoms with Crippen LogP contribution in [0, 0.1) is 0 Å². The fourth-order valence-electron chi connectivity index (χ4n) is 7.46. The predicted molar refractivity (Wildman–Crippen MR) is 173 cm³/mol. The number of carbonyl (C=O) groups is 1. The molecule has 3 heterocycles. The van der Waals surface area contributed by atoms with Gasteiger partial charge in [0.05, 0.1) is 12.2 Å². The summed E-state index contributed by atoms with van der Waals surface area (Å²) in [5.41, 5.74) is 12.2. The van der Waals surface area contributed by atoms with E-state index in [1.165, 1.54) is 49.7 Å². The molecule has 4 N–H and O–H groups in total. The number of piperidine rings is 1. The molecule has 0 bridgehead atoms. The standard InChI is InChI=1S/C34H47N5O3S/c35-33(40)22-29-20-28(27-8-5-7-25(19-27)23-36-30-9-1-2-10-30)21-31-32(24-37-34(29)31)26-11-16-39(17-12-26)43(41,42)18-6-15-38-13-3-4-14-38/h5,7-8,19-21,24,26,30,36-37H,1-4,6,9-18,22-23H2,(H2,35,40). The first-order valence-corrected chi connectivity index (χ1v) is 17.9. The topological polar surface area (TPSA) is 112 Å². The SMILES string of the molecule is NC(=O)Cc1cc(-c2cccc(CNC3CCCC3)c2)cc2c(C3CCN(S(=O)(=O)CCCN4CCCC4)CC3)c[nH]c12. The number of hydrogen-bond donors (Lipinski definition) is 3. The highest BCUT2D eigenvalue weighted by atomic mass is 32.2. The number of rotatable bonds is 12. The lowest BCUT2D eigenvalue weighted by Gasteiger charge is -2.31. The summed E-state index contributed by atoms with van der Waals surface area (Å²) in [4.78, 5) is 17.9. The first kappa shape index (κ1) is 30.3. The zero-order valence-electron chi connectivity index (χ0n) is 25.3. The normalized spacial score (nSPS) is 19.5. The van der Waals surface area contributed by atoms with E-state index in [4.69, 9.17) is 5.73 Å². The van der Waals surface area contributed by atoms with Crippen molar-refractivity contribution in [2.45, 2.75) is 82.7 Å². The van der Waals surface area contributed by atoms with Crippen molar-refractivity contribution >= 4 is 26.8 Å². The second kappa shape index (κ2) is 13.5. The van der Waals surface area contributed by atoms with E-state index in [9.17, 15) is 13.2 Å². The van der Waals surface area contributed by atoms with Gasteiger partial charge in [0.15, 0.2) is 0 Å². The number of likely N-dealkylation sites (tertiary alicyclic amines) is 1. The van der Waals surface area contributed by atoms with E-state index < -0.39 is 10.0 Å². The second-order valence-electron chi connectivity index (χ2n) is 12.9. The lowest BCUT2D eigenvalue weighted by Crippen LogP contribution is -2.39. The molecule has 0 atom stereocenters. The highest BCUT2D eigenvalue weighted by Gasteiger charge is 2.30. The fraction of sp³-hybridized carbons (Fsp3) is 0.559. The number of sulfonamides is 1. The molecule has 3 aromatic rings.